The first-order valence-electron chi connectivity index (χ1n) is 9.87. The highest BCUT2D eigenvalue weighted by molar-refractivity contribution is 7.89. The van der Waals surface area contributed by atoms with Gasteiger partial charge in [-0.3, -0.25) is 4.98 Å². The van der Waals surface area contributed by atoms with Gasteiger partial charge in [-0.2, -0.15) is 0 Å². The van der Waals surface area contributed by atoms with Gasteiger partial charge < -0.3 is 15.2 Å². The molecule has 3 rings (SSSR count). The highest BCUT2D eigenvalue weighted by Crippen LogP contribution is 2.18. The smallest absolute Gasteiger partial charge is 0.240 e. The van der Waals surface area contributed by atoms with Gasteiger partial charge in [-0.05, 0) is 61.2 Å². The first-order chi connectivity index (χ1) is 14.5. The van der Waals surface area contributed by atoms with E-state index >= 15 is 0 Å². The average molecular weight is 466 g/mol. The van der Waals surface area contributed by atoms with Crippen LogP contribution >= 0.6 is 12.4 Å². The van der Waals surface area contributed by atoms with Crippen LogP contribution in [0.1, 0.15) is 12.5 Å². The molecule has 2 aromatic carbocycles. The van der Waals surface area contributed by atoms with Crippen molar-refractivity contribution in [3.8, 4) is 5.75 Å². The van der Waals surface area contributed by atoms with Gasteiger partial charge in [-0.1, -0.05) is 18.2 Å². The van der Waals surface area contributed by atoms with Crippen LogP contribution in [0, 0.1) is 0 Å². The van der Waals surface area contributed by atoms with Crippen LogP contribution in [0.2, 0.25) is 0 Å². The highest BCUT2D eigenvalue weighted by Gasteiger charge is 2.17. The first-order valence-corrected chi connectivity index (χ1v) is 11.4. The molecule has 0 bridgehead atoms. The van der Waals surface area contributed by atoms with E-state index < -0.39 is 10.0 Å². The van der Waals surface area contributed by atoms with Crippen LogP contribution in [0.25, 0.3) is 10.8 Å². The fraction of sp³-hybridized carbons (Fsp3) is 0.318. The monoisotopic (exact) mass is 465 g/mol. The molecule has 9 heteroatoms. The molecule has 0 aliphatic carbocycles. The molecule has 1 heterocycles. The van der Waals surface area contributed by atoms with Crippen molar-refractivity contribution in [1.29, 1.82) is 0 Å². The Morgan fingerprint density at radius 1 is 1.13 bits per heavy atom. The van der Waals surface area contributed by atoms with Gasteiger partial charge in [0.15, 0.2) is 0 Å². The number of aliphatic hydroxyl groups excluding tert-OH is 1. The molecular weight excluding hydrogens is 438 g/mol. The van der Waals surface area contributed by atoms with Crippen molar-refractivity contribution in [2.75, 3.05) is 26.3 Å². The number of pyridine rings is 1. The standard InChI is InChI=1S/C22H27N3O4S.ClH/c1-17(15-23-9-7-18-3-2-4-21(13-18)29-12-11-26)25-30(27,28)22-6-5-20-16-24-10-8-19(20)14-22;/h2-6,8,10,13-14,16-17,23,25-26H,7,9,11-12,15H2,1H3;1H. The van der Waals surface area contributed by atoms with Crippen LogP contribution in [0.5, 0.6) is 5.75 Å². The molecule has 0 aliphatic rings. The molecule has 0 saturated heterocycles. The third-order valence-electron chi connectivity index (χ3n) is 4.58. The number of rotatable bonds is 11. The summed E-state index contributed by atoms with van der Waals surface area (Å²) in [5, 5.41) is 13.9. The number of fused-ring (bicyclic) bond motifs is 1. The zero-order chi connectivity index (χ0) is 21.4. The summed E-state index contributed by atoms with van der Waals surface area (Å²) in [6.45, 7) is 3.30. The lowest BCUT2D eigenvalue weighted by atomic mass is 10.1. The van der Waals surface area contributed by atoms with Crippen molar-refractivity contribution in [2.24, 2.45) is 0 Å². The molecule has 1 atom stereocenters. The Balaban J connectivity index is 0.00000341. The number of halogens is 1. The van der Waals surface area contributed by atoms with Crippen molar-refractivity contribution in [3.63, 3.8) is 0 Å². The Hall–Kier alpha value is -2.23. The molecule has 0 amide bonds. The van der Waals surface area contributed by atoms with E-state index in [-0.39, 0.29) is 36.6 Å². The number of nitrogens with one attached hydrogen (secondary N) is 2. The van der Waals surface area contributed by atoms with E-state index in [1.54, 1.807) is 36.7 Å². The van der Waals surface area contributed by atoms with E-state index in [4.69, 9.17) is 9.84 Å². The van der Waals surface area contributed by atoms with Gasteiger partial charge in [0.25, 0.3) is 0 Å². The highest BCUT2D eigenvalue weighted by atomic mass is 35.5. The molecule has 0 aliphatic heterocycles. The molecule has 3 aromatic rings. The number of aliphatic hydroxyl groups is 1. The largest absolute Gasteiger partial charge is 0.491 e. The molecule has 0 fully saturated rings. The van der Waals surface area contributed by atoms with E-state index in [0.29, 0.717) is 13.1 Å². The van der Waals surface area contributed by atoms with Gasteiger partial charge >= 0.3 is 0 Å². The van der Waals surface area contributed by atoms with E-state index in [2.05, 4.69) is 15.0 Å². The van der Waals surface area contributed by atoms with Crippen molar-refractivity contribution in [3.05, 3.63) is 66.5 Å². The fourth-order valence-corrected chi connectivity index (χ4v) is 4.39. The number of ether oxygens (including phenoxy) is 1. The Bertz CT molecular complexity index is 1080. The van der Waals surface area contributed by atoms with Crippen LogP contribution in [0.3, 0.4) is 0 Å². The average Bonchev–Trinajstić information content (AvgIpc) is 2.75. The predicted octanol–water partition coefficient (Wildman–Crippen LogP) is 2.53. The van der Waals surface area contributed by atoms with Gasteiger partial charge in [-0.15, -0.1) is 12.4 Å². The number of hydrogen-bond donors (Lipinski definition) is 3. The zero-order valence-corrected chi connectivity index (χ0v) is 19.0. The van der Waals surface area contributed by atoms with Gasteiger partial charge in [0.05, 0.1) is 11.5 Å². The van der Waals surface area contributed by atoms with Crippen LogP contribution in [-0.4, -0.2) is 50.9 Å². The number of hydrogen-bond acceptors (Lipinski definition) is 6. The maximum absolute atomic E-state index is 12.7. The third-order valence-corrected chi connectivity index (χ3v) is 6.17. The van der Waals surface area contributed by atoms with Crippen LogP contribution < -0.4 is 14.8 Å². The lowest BCUT2D eigenvalue weighted by molar-refractivity contribution is 0.201. The molecule has 31 heavy (non-hydrogen) atoms. The van der Waals surface area contributed by atoms with Crippen LogP contribution in [0.15, 0.2) is 65.8 Å². The maximum Gasteiger partial charge on any atom is 0.240 e. The van der Waals surface area contributed by atoms with Gasteiger partial charge in [-0.25, -0.2) is 13.1 Å². The minimum Gasteiger partial charge on any atom is -0.491 e. The number of nitrogens with zero attached hydrogens (tertiary/aromatic N) is 1. The number of benzene rings is 2. The zero-order valence-electron chi connectivity index (χ0n) is 17.3. The summed E-state index contributed by atoms with van der Waals surface area (Å²) in [6, 6.07) is 14.3. The molecule has 1 aromatic heterocycles. The molecule has 0 saturated carbocycles. The summed E-state index contributed by atoms with van der Waals surface area (Å²) in [5.41, 5.74) is 1.11. The van der Waals surface area contributed by atoms with E-state index in [0.717, 1.165) is 28.5 Å². The normalized spacial score (nSPS) is 12.3. The molecule has 1 unspecified atom stereocenters. The topological polar surface area (TPSA) is 101 Å². The Morgan fingerprint density at radius 3 is 2.77 bits per heavy atom. The van der Waals surface area contributed by atoms with E-state index in [9.17, 15) is 8.42 Å². The Labute approximate surface area is 189 Å². The second-order valence-electron chi connectivity index (χ2n) is 7.08. The minimum absolute atomic E-state index is 0. The Morgan fingerprint density at radius 2 is 1.97 bits per heavy atom. The van der Waals surface area contributed by atoms with E-state index in [1.807, 2.05) is 31.2 Å². The summed E-state index contributed by atoms with van der Waals surface area (Å²) >= 11 is 0. The summed E-state index contributed by atoms with van der Waals surface area (Å²) in [7, 11) is -3.60. The van der Waals surface area contributed by atoms with Crippen molar-refractivity contribution in [1.82, 2.24) is 15.0 Å². The molecular formula is C22H28ClN3O4S. The number of sulfonamides is 1. The van der Waals surface area contributed by atoms with Crippen molar-refractivity contribution < 1.29 is 18.3 Å². The minimum atomic E-state index is -3.60. The second kappa shape index (κ2) is 12.0. The lowest BCUT2D eigenvalue weighted by Crippen LogP contribution is -2.40. The molecule has 0 spiro atoms. The molecule has 0 radical (unpaired) electrons. The maximum atomic E-state index is 12.7. The number of aromatic nitrogens is 1. The van der Waals surface area contributed by atoms with Crippen LogP contribution in [0.4, 0.5) is 0 Å². The molecule has 168 valence electrons. The fourth-order valence-electron chi connectivity index (χ4n) is 3.11. The Kier molecular flexibility index (Phi) is 9.67. The summed E-state index contributed by atoms with van der Waals surface area (Å²) < 4.78 is 33.5. The first kappa shape index (κ1) is 25.0. The third kappa shape index (κ3) is 7.45. The molecule has 3 N–H and O–H groups in total. The summed E-state index contributed by atoms with van der Waals surface area (Å²) in [4.78, 5) is 4.29. The van der Waals surface area contributed by atoms with E-state index in [1.165, 1.54) is 0 Å². The predicted molar refractivity (Wildman–Crippen MR) is 124 cm³/mol. The lowest BCUT2D eigenvalue weighted by Gasteiger charge is -2.15. The van der Waals surface area contributed by atoms with Crippen molar-refractivity contribution in [2.45, 2.75) is 24.3 Å². The summed E-state index contributed by atoms with van der Waals surface area (Å²) in [6.07, 6.45) is 4.14. The van der Waals surface area contributed by atoms with Crippen LogP contribution in [-0.2, 0) is 16.4 Å². The molecule has 7 nitrogen and oxygen atoms in total. The van der Waals surface area contributed by atoms with Gasteiger partial charge in [0.2, 0.25) is 10.0 Å². The van der Waals surface area contributed by atoms with Gasteiger partial charge in [0.1, 0.15) is 12.4 Å². The summed E-state index contributed by atoms with van der Waals surface area (Å²) in [5.74, 6) is 0.730. The second-order valence-corrected chi connectivity index (χ2v) is 8.79. The SMILES string of the molecule is CC(CNCCc1cccc(OCCO)c1)NS(=O)(=O)c1ccc2cnccc2c1.Cl. The van der Waals surface area contributed by atoms with Gasteiger partial charge in [0, 0.05) is 30.4 Å². The van der Waals surface area contributed by atoms with Crippen molar-refractivity contribution >= 4 is 33.2 Å². The quantitative estimate of drug-likeness (QED) is 0.376.